The number of nitrogens with one attached hydrogen (secondary N) is 1. The van der Waals surface area contributed by atoms with Gasteiger partial charge in [0, 0.05) is 12.2 Å². The number of carbonyl (C=O) groups is 1. The molecule has 0 saturated carbocycles. The maximum atomic E-state index is 12.2. The molecular formula is C18H20Cl2N2O3. The van der Waals surface area contributed by atoms with Gasteiger partial charge in [-0.25, -0.2) is 0 Å². The summed E-state index contributed by atoms with van der Waals surface area (Å²) in [5.41, 5.74) is 6.25. The normalized spacial score (nSPS) is 19.1. The van der Waals surface area contributed by atoms with Gasteiger partial charge in [-0.3, -0.25) is 4.79 Å². The van der Waals surface area contributed by atoms with Crippen LogP contribution < -0.4 is 15.8 Å². The van der Waals surface area contributed by atoms with Gasteiger partial charge in [0.05, 0.1) is 11.1 Å². The molecule has 2 atom stereocenters. The monoisotopic (exact) mass is 382 g/mol. The second-order valence-corrected chi connectivity index (χ2v) is 6.01. The molecular weight excluding hydrogens is 363 g/mol. The Balaban J connectivity index is 0.00000225. The van der Waals surface area contributed by atoms with Crippen molar-refractivity contribution in [3.63, 3.8) is 0 Å². The van der Waals surface area contributed by atoms with Crippen LogP contribution in [0.4, 0.5) is 5.69 Å². The molecule has 0 aliphatic carbocycles. The molecule has 1 amide bonds. The molecule has 25 heavy (non-hydrogen) atoms. The van der Waals surface area contributed by atoms with Crippen molar-refractivity contribution in [1.82, 2.24) is 0 Å². The molecule has 134 valence electrons. The van der Waals surface area contributed by atoms with Gasteiger partial charge in [0.2, 0.25) is 0 Å². The number of benzene rings is 2. The van der Waals surface area contributed by atoms with Gasteiger partial charge in [-0.2, -0.15) is 0 Å². The van der Waals surface area contributed by atoms with Crippen LogP contribution in [0.5, 0.6) is 11.5 Å². The van der Waals surface area contributed by atoms with Crippen molar-refractivity contribution < 1.29 is 14.3 Å². The predicted octanol–water partition coefficient (Wildman–Crippen LogP) is 4.00. The molecule has 0 unspecified atom stereocenters. The van der Waals surface area contributed by atoms with Gasteiger partial charge in [-0.15, -0.1) is 12.4 Å². The molecule has 1 aliphatic heterocycles. The minimum atomic E-state index is -0.433. The van der Waals surface area contributed by atoms with Crippen LogP contribution in [0.2, 0.25) is 5.02 Å². The van der Waals surface area contributed by atoms with Crippen molar-refractivity contribution in [2.24, 2.45) is 5.73 Å². The maximum absolute atomic E-state index is 12.2. The summed E-state index contributed by atoms with van der Waals surface area (Å²) >= 11 is 6.07. The fourth-order valence-corrected chi connectivity index (χ4v) is 2.73. The summed E-state index contributed by atoms with van der Waals surface area (Å²) in [6.07, 6.45) is 1.06. The van der Waals surface area contributed by atoms with Crippen LogP contribution in [-0.4, -0.2) is 24.7 Å². The highest BCUT2D eigenvalue weighted by atomic mass is 35.5. The number of nitrogens with two attached hydrogens (primary N) is 1. The minimum Gasteiger partial charge on any atom is -0.456 e. The quantitative estimate of drug-likeness (QED) is 0.819. The second-order valence-electron chi connectivity index (χ2n) is 5.61. The average Bonchev–Trinajstić information content (AvgIpc) is 3.08. The van der Waals surface area contributed by atoms with E-state index in [1.807, 2.05) is 12.1 Å². The highest BCUT2D eigenvalue weighted by molar-refractivity contribution is 6.32. The molecule has 3 N–H and O–H groups in total. The van der Waals surface area contributed by atoms with Gasteiger partial charge in [-0.1, -0.05) is 23.7 Å². The first-order valence-electron chi connectivity index (χ1n) is 7.84. The smallest absolute Gasteiger partial charge is 0.253 e. The number of hydrogen-bond acceptors (Lipinski definition) is 4. The molecule has 2 aromatic carbocycles. The summed E-state index contributed by atoms with van der Waals surface area (Å²) in [6.45, 7) is 0.442. The number of carbonyl (C=O) groups excluding carboxylic acids is 1. The van der Waals surface area contributed by atoms with Crippen molar-refractivity contribution in [3.8, 4) is 11.5 Å². The van der Waals surface area contributed by atoms with Crippen molar-refractivity contribution in [2.75, 3.05) is 11.9 Å². The molecule has 3 rings (SSSR count). The molecule has 1 heterocycles. The Morgan fingerprint density at radius 3 is 2.56 bits per heavy atom. The van der Waals surface area contributed by atoms with E-state index in [2.05, 4.69) is 5.32 Å². The zero-order chi connectivity index (χ0) is 16.9. The van der Waals surface area contributed by atoms with E-state index >= 15 is 0 Å². The summed E-state index contributed by atoms with van der Waals surface area (Å²) < 4.78 is 11.3. The van der Waals surface area contributed by atoms with Crippen LogP contribution >= 0.6 is 24.0 Å². The lowest BCUT2D eigenvalue weighted by molar-refractivity contribution is -0.126. The molecule has 7 heteroatoms. The van der Waals surface area contributed by atoms with E-state index in [0.717, 1.165) is 6.42 Å². The lowest BCUT2D eigenvalue weighted by atomic mass is 10.2. The van der Waals surface area contributed by atoms with E-state index in [-0.39, 0.29) is 24.4 Å². The number of ether oxygens (including phenoxy) is 2. The SMILES string of the molecule is Cl.NC[C@H]1CC[C@@H](C(=O)Nc2ccc(Oc3ccccc3Cl)cc2)O1. The highest BCUT2D eigenvalue weighted by Crippen LogP contribution is 2.29. The Labute approximate surface area is 157 Å². The zero-order valence-electron chi connectivity index (χ0n) is 13.5. The van der Waals surface area contributed by atoms with Crippen LogP contribution in [0.3, 0.4) is 0 Å². The topological polar surface area (TPSA) is 73.6 Å². The summed E-state index contributed by atoms with van der Waals surface area (Å²) in [7, 11) is 0. The molecule has 0 aromatic heterocycles. The largest absolute Gasteiger partial charge is 0.456 e. The van der Waals surface area contributed by atoms with Gasteiger partial charge in [0.15, 0.2) is 0 Å². The van der Waals surface area contributed by atoms with Crippen molar-refractivity contribution in [3.05, 3.63) is 53.6 Å². The Morgan fingerprint density at radius 2 is 1.92 bits per heavy atom. The number of rotatable bonds is 5. The van der Waals surface area contributed by atoms with Crippen LogP contribution in [0.1, 0.15) is 12.8 Å². The summed E-state index contributed by atoms with van der Waals surface area (Å²) in [5.74, 6) is 1.08. The van der Waals surface area contributed by atoms with E-state index in [1.54, 1.807) is 36.4 Å². The Bertz CT molecular complexity index is 710. The fraction of sp³-hybridized carbons (Fsp3) is 0.278. The van der Waals surface area contributed by atoms with E-state index in [1.165, 1.54) is 0 Å². The van der Waals surface area contributed by atoms with Gasteiger partial charge in [0.1, 0.15) is 17.6 Å². The number of para-hydroxylation sites is 1. The summed E-state index contributed by atoms with van der Waals surface area (Å²) in [4.78, 5) is 12.2. The van der Waals surface area contributed by atoms with Crippen molar-refractivity contribution in [1.29, 1.82) is 0 Å². The first-order chi connectivity index (χ1) is 11.7. The van der Waals surface area contributed by atoms with Crippen LogP contribution in [0.25, 0.3) is 0 Å². The molecule has 1 saturated heterocycles. The van der Waals surface area contributed by atoms with E-state index in [0.29, 0.717) is 35.2 Å². The Morgan fingerprint density at radius 1 is 1.20 bits per heavy atom. The van der Waals surface area contributed by atoms with Gasteiger partial charge < -0.3 is 20.5 Å². The molecule has 1 fully saturated rings. The molecule has 2 aromatic rings. The molecule has 0 bridgehead atoms. The number of amides is 1. The first-order valence-corrected chi connectivity index (χ1v) is 8.22. The Hall–Kier alpha value is -1.79. The van der Waals surface area contributed by atoms with E-state index < -0.39 is 6.10 Å². The maximum Gasteiger partial charge on any atom is 0.253 e. The third-order valence-corrected chi connectivity index (χ3v) is 4.16. The molecule has 1 aliphatic rings. The average molecular weight is 383 g/mol. The lowest BCUT2D eigenvalue weighted by Gasteiger charge is -2.13. The molecule has 0 radical (unpaired) electrons. The number of halogens is 2. The van der Waals surface area contributed by atoms with Crippen LogP contribution in [-0.2, 0) is 9.53 Å². The second kappa shape index (κ2) is 9.06. The molecule has 0 spiro atoms. The third kappa shape index (κ3) is 5.09. The Kier molecular flexibility index (Phi) is 7.08. The standard InChI is InChI=1S/C18H19ClN2O3.ClH/c19-15-3-1-2-4-16(15)23-13-7-5-12(6-8-13)21-18(22)17-10-9-14(11-20)24-17;/h1-8,14,17H,9-11,20H2,(H,21,22);1H/t14-,17+;/m1./s1. The number of hydrogen-bond donors (Lipinski definition) is 2. The number of anilines is 1. The van der Waals surface area contributed by atoms with Gasteiger partial charge in [0.25, 0.3) is 5.91 Å². The van der Waals surface area contributed by atoms with Gasteiger partial charge >= 0.3 is 0 Å². The molecule has 5 nitrogen and oxygen atoms in total. The predicted molar refractivity (Wildman–Crippen MR) is 101 cm³/mol. The fourth-order valence-electron chi connectivity index (χ4n) is 2.56. The van der Waals surface area contributed by atoms with Gasteiger partial charge in [-0.05, 0) is 49.2 Å². The highest BCUT2D eigenvalue weighted by Gasteiger charge is 2.29. The minimum absolute atomic E-state index is 0. The lowest BCUT2D eigenvalue weighted by Crippen LogP contribution is -2.29. The van der Waals surface area contributed by atoms with Crippen molar-refractivity contribution >= 4 is 35.6 Å². The summed E-state index contributed by atoms with van der Waals surface area (Å²) in [5, 5.41) is 3.39. The summed E-state index contributed by atoms with van der Waals surface area (Å²) in [6, 6.07) is 14.4. The van der Waals surface area contributed by atoms with Crippen LogP contribution in [0.15, 0.2) is 48.5 Å². The zero-order valence-corrected chi connectivity index (χ0v) is 15.1. The third-order valence-electron chi connectivity index (χ3n) is 3.85. The van der Waals surface area contributed by atoms with E-state index in [9.17, 15) is 4.79 Å². The van der Waals surface area contributed by atoms with Crippen LogP contribution in [0, 0.1) is 0 Å². The van der Waals surface area contributed by atoms with Crippen molar-refractivity contribution in [2.45, 2.75) is 25.0 Å². The first kappa shape index (κ1) is 19.5. The van der Waals surface area contributed by atoms with E-state index in [4.69, 9.17) is 26.8 Å².